The van der Waals surface area contributed by atoms with Crippen LogP contribution < -0.4 is 0 Å². The van der Waals surface area contributed by atoms with Gasteiger partial charge >= 0.3 is 33.5 Å². The zero-order chi connectivity index (χ0) is 25.9. The van der Waals surface area contributed by atoms with E-state index in [4.69, 9.17) is 32.7 Å². The van der Waals surface area contributed by atoms with E-state index in [9.17, 15) is 27.6 Å². The number of ether oxygens (including phenoxy) is 2. The Morgan fingerprint density at radius 1 is 1.18 bits per heavy atom. The van der Waals surface area contributed by atoms with Crippen LogP contribution in [0.4, 0.5) is 13.2 Å². The van der Waals surface area contributed by atoms with Gasteiger partial charge in [-0.05, 0) is 37.3 Å². The molecule has 4 rings (SSSR count). The van der Waals surface area contributed by atoms with Crippen molar-refractivity contribution in [2.75, 3.05) is 6.61 Å². The van der Waals surface area contributed by atoms with Crippen LogP contribution in [-0.4, -0.2) is 64.9 Å². The molecule has 3 saturated heterocycles. The van der Waals surface area contributed by atoms with Gasteiger partial charge in [-0.15, -0.1) is 0 Å². The number of carbonyl (C=O) groups is 3. The van der Waals surface area contributed by atoms with Gasteiger partial charge in [0.05, 0.1) is 18.9 Å². The van der Waals surface area contributed by atoms with E-state index in [1.807, 2.05) is 31.2 Å². The summed E-state index contributed by atoms with van der Waals surface area (Å²) < 4.78 is 68.3. The number of benzene rings is 1. The Morgan fingerprint density at radius 3 is 2.24 bits per heavy atom. The molecule has 3 aliphatic rings. The van der Waals surface area contributed by atoms with E-state index in [2.05, 4.69) is 0 Å². The van der Waals surface area contributed by atoms with Crippen molar-refractivity contribution in [1.29, 1.82) is 0 Å². The van der Waals surface area contributed by atoms with Crippen LogP contribution in [0.5, 0.6) is 0 Å². The van der Waals surface area contributed by atoms with Crippen molar-refractivity contribution in [2.24, 2.45) is 5.41 Å². The summed E-state index contributed by atoms with van der Waals surface area (Å²) in [7, 11) is -5.84. The third kappa shape index (κ3) is 5.85. The minimum Gasteiger partial charge on any atom is -0.481 e. The Balaban J connectivity index is 0.000000192. The highest BCUT2D eigenvalue weighted by atomic mass is 32.2. The fourth-order valence-electron chi connectivity index (χ4n) is 4.27. The van der Waals surface area contributed by atoms with Gasteiger partial charge in [0.15, 0.2) is 0 Å². The van der Waals surface area contributed by atoms with Gasteiger partial charge in [0.25, 0.3) is 0 Å². The predicted octanol–water partition coefficient (Wildman–Crippen LogP) is 2.34. The van der Waals surface area contributed by atoms with Crippen LogP contribution in [0.15, 0.2) is 24.3 Å². The van der Waals surface area contributed by atoms with E-state index in [1.54, 1.807) is 0 Å². The number of fused-ring (bicyclic) bond motifs is 1. The third-order valence-electron chi connectivity index (χ3n) is 5.89. The van der Waals surface area contributed by atoms with Gasteiger partial charge in [0.2, 0.25) is 0 Å². The van der Waals surface area contributed by atoms with Gasteiger partial charge in [0, 0.05) is 0 Å². The number of cyclic esters (lactones) is 1. The van der Waals surface area contributed by atoms with E-state index < -0.39 is 38.6 Å². The second kappa shape index (κ2) is 9.88. The summed E-state index contributed by atoms with van der Waals surface area (Å²) in [5.74, 6) is -2.12. The standard InChI is InChI=1S/C10H12O5.C9H10O2.CHF3O3S/c11-7(12)4-9-3-6-1-2-10(9,15-6)5-14-8(9)13;1-7-4-2-3-5-8(7)6-9(10)11;2-1(3,4)8(5,6)7/h6H,1-5H2,(H,11,12);2-5H,6H2,1H3,(H,10,11);(H,5,6,7). The molecule has 0 aromatic heterocycles. The molecule has 0 saturated carbocycles. The molecule has 0 radical (unpaired) electrons. The molecular weight excluding hydrogens is 489 g/mol. The van der Waals surface area contributed by atoms with Crippen LogP contribution in [0.25, 0.3) is 0 Å². The largest absolute Gasteiger partial charge is 0.522 e. The highest BCUT2D eigenvalue weighted by Crippen LogP contribution is 2.61. The van der Waals surface area contributed by atoms with Crippen LogP contribution in [0.3, 0.4) is 0 Å². The van der Waals surface area contributed by atoms with Crippen LogP contribution in [0, 0.1) is 12.3 Å². The van der Waals surface area contributed by atoms with Gasteiger partial charge in [-0.1, -0.05) is 24.3 Å². The number of carboxylic acids is 2. The lowest BCUT2D eigenvalue weighted by molar-refractivity contribution is -0.154. The van der Waals surface area contributed by atoms with Gasteiger partial charge in [-0.25, -0.2) is 0 Å². The van der Waals surface area contributed by atoms with E-state index in [-0.39, 0.29) is 31.5 Å². The first-order valence-corrected chi connectivity index (χ1v) is 11.3. The molecule has 3 atom stereocenters. The van der Waals surface area contributed by atoms with Gasteiger partial charge in [-0.2, -0.15) is 21.6 Å². The molecule has 3 N–H and O–H groups in total. The van der Waals surface area contributed by atoms with Crippen molar-refractivity contribution in [3.8, 4) is 0 Å². The Morgan fingerprint density at radius 2 is 1.76 bits per heavy atom. The smallest absolute Gasteiger partial charge is 0.481 e. The van der Waals surface area contributed by atoms with E-state index in [0.717, 1.165) is 24.0 Å². The molecule has 190 valence electrons. The number of hydrogen-bond donors (Lipinski definition) is 3. The van der Waals surface area contributed by atoms with Crippen LogP contribution in [-0.2, 0) is 40.4 Å². The lowest BCUT2D eigenvalue weighted by atomic mass is 9.65. The topological polar surface area (TPSA) is 164 Å². The fraction of sp³-hybridized carbons (Fsp3) is 0.550. The number of aliphatic carboxylic acids is 2. The van der Waals surface area contributed by atoms with Crippen LogP contribution in [0.2, 0.25) is 0 Å². The average Bonchev–Trinajstić information content (AvgIpc) is 3.31. The van der Waals surface area contributed by atoms with E-state index in [1.165, 1.54) is 0 Å². The normalized spacial score (nSPS) is 27.0. The number of hydrogen-bond acceptors (Lipinski definition) is 7. The summed E-state index contributed by atoms with van der Waals surface area (Å²) in [6.45, 7) is 2.15. The van der Waals surface area contributed by atoms with Gasteiger partial charge in [0.1, 0.15) is 17.6 Å². The molecular formula is C20H23F3O10S. The van der Waals surface area contributed by atoms with Crippen molar-refractivity contribution in [1.82, 2.24) is 0 Å². The Hall–Kier alpha value is -2.71. The average molecular weight is 512 g/mol. The van der Waals surface area contributed by atoms with Crippen LogP contribution in [0.1, 0.15) is 36.8 Å². The number of halogens is 3. The maximum Gasteiger partial charge on any atom is 0.522 e. The molecule has 10 nitrogen and oxygen atoms in total. The predicted molar refractivity (Wildman–Crippen MR) is 107 cm³/mol. The van der Waals surface area contributed by atoms with Gasteiger partial charge < -0.3 is 19.7 Å². The first-order chi connectivity index (χ1) is 15.5. The van der Waals surface area contributed by atoms with Crippen molar-refractivity contribution in [2.45, 2.75) is 56.2 Å². The highest BCUT2D eigenvalue weighted by molar-refractivity contribution is 7.86. The molecule has 3 fully saturated rings. The molecule has 34 heavy (non-hydrogen) atoms. The number of rotatable bonds is 4. The first-order valence-electron chi connectivity index (χ1n) is 9.90. The number of carbonyl (C=O) groups excluding carboxylic acids is 1. The van der Waals surface area contributed by atoms with Crippen molar-refractivity contribution < 1.29 is 60.2 Å². The molecule has 14 heteroatoms. The quantitative estimate of drug-likeness (QED) is 0.310. The monoisotopic (exact) mass is 512 g/mol. The Labute approximate surface area is 192 Å². The fourth-order valence-corrected chi connectivity index (χ4v) is 4.27. The molecule has 1 spiro atoms. The minimum atomic E-state index is -5.84. The summed E-state index contributed by atoms with van der Waals surface area (Å²) in [5.41, 5.74) is -5.14. The molecule has 1 aromatic carbocycles. The summed E-state index contributed by atoms with van der Waals surface area (Å²) in [6.07, 6.45) is 2.18. The first kappa shape index (κ1) is 27.5. The summed E-state index contributed by atoms with van der Waals surface area (Å²) in [6, 6.07) is 7.51. The summed E-state index contributed by atoms with van der Waals surface area (Å²) >= 11 is 0. The molecule has 2 bridgehead atoms. The van der Waals surface area contributed by atoms with Crippen molar-refractivity contribution >= 4 is 28.0 Å². The van der Waals surface area contributed by atoms with Crippen LogP contribution >= 0.6 is 0 Å². The molecule has 3 aliphatic heterocycles. The second-order valence-corrected chi connectivity index (χ2v) is 9.54. The van der Waals surface area contributed by atoms with E-state index >= 15 is 0 Å². The lowest BCUT2D eigenvalue weighted by Crippen LogP contribution is -2.47. The van der Waals surface area contributed by atoms with E-state index in [0.29, 0.717) is 6.42 Å². The summed E-state index contributed by atoms with van der Waals surface area (Å²) in [5, 5.41) is 17.4. The Kier molecular flexibility index (Phi) is 8.00. The minimum absolute atomic E-state index is 0.0530. The number of esters is 1. The zero-order valence-corrected chi connectivity index (χ0v) is 18.7. The Bertz CT molecular complexity index is 1050. The van der Waals surface area contributed by atoms with Crippen molar-refractivity contribution in [3.63, 3.8) is 0 Å². The molecule has 3 unspecified atom stereocenters. The third-order valence-corrected chi connectivity index (χ3v) is 6.47. The zero-order valence-electron chi connectivity index (χ0n) is 17.9. The van der Waals surface area contributed by atoms with Crippen molar-refractivity contribution in [3.05, 3.63) is 35.4 Å². The molecule has 1 aromatic rings. The molecule has 0 aliphatic carbocycles. The molecule has 0 amide bonds. The molecule has 3 heterocycles. The highest BCUT2D eigenvalue weighted by Gasteiger charge is 2.72. The number of aryl methyl sites for hydroxylation is 1. The maximum atomic E-state index is 11.7. The second-order valence-electron chi connectivity index (χ2n) is 8.12. The SMILES string of the molecule is Cc1ccccc1CC(=O)O.O=C(O)CC12CC3CCC1(COC2=O)O3.O=S(=O)(O)C(F)(F)F. The number of carboxylic acid groups (broad SMARTS) is 2. The van der Waals surface area contributed by atoms with Gasteiger partial charge in [-0.3, -0.25) is 18.9 Å². The maximum absolute atomic E-state index is 11.7. The lowest BCUT2D eigenvalue weighted by Gasteiger charge is -2.32. The summed E-state index contributed by atoms with van der Waals surface area (Å²) in [4.78, 5) is 32.9. The number of alkyl halides is 3.